The first-order chi connectivity index (χ1) is 15.3. The van der Waals surface area contributed by atoms with Gasteiger partial charge in [0.05, 0.1) is 17.9 Å². The van der Waals surface area contributed by atoms with Crippen LogP contribution in [0.1, 0.15) is 52.4 Å². The Labute approximate surface area is 193 Å². The second-order valence-electron chi connectivity index (χ2n) is 9.67. The smallest absolute Gasteiger partial charge is 0.508 e. The fraction of sp³-hybridized carbons (Fsp3) is 0.708. The summed E-state index contributed by atoms with van der Waals surface area (Å²) in [5, 5.41) is 9.97. The van der Waals surface area contributed by atoms with E-state index in [0.717, 1.165) is 31.3 Å². The Morgan fingerprint density at radius 2 is 1.91 bits per heavy atom. The van der Waals surface area contributed by atoms with E-state index in [1.54, 1.807) is 13.0 Å². The Morgan fingerprint density at radius 1 is 1.12 bits per heavy atom. The molecule has 1 N–H and O–H groups in total. The normalized spacial score (nSPS) is 37.9. The van der Waals surface area contributed by atoms with Gasteiger partial charge in [0, 0.05) is 11.5 Å². The van der Waals surface area contributed by atoms with Crippen LogP contribution >= 0.6 is 11.6 Å². The van der Waals surface area contributed by atoms with E-state index in [4.69, 9.17) is 25.8 Å². The third-order valence-corrected chi connectivity index (χ3v) is 8.73. The van der Waals surface area contributed by atoms with Gasteiger partial charge in [-0.3, -0.25) is 9.59 Å². The van der Waals surface area contributed by atoms with Crippen LogP contribution in [0.4, 0.5) is 4.79 Å². The van der Waals surface area contributed by atoms with Crippen molar-refractivity contribution in [1.82, 2.24) is 0 Å². The molecule has 3 fully saturated rings. The molecule has 1 unspecified atom stereocenters. The molecule has 0 aromatic heterocycles. The number of fused-ring (bicyclic) bond motifs is 5. The highest BCUT2D eigenvalue weighted by atomic mass is 35.5. The second-order valence-corrected chi connectivity index (χ2v) is 9.89. The number of aliphatic hydroxyl groups excluding tert-OH is 1. The number of aliphatic hydroxyl groups is 1. The summed E-state index contributed by atoms with van der Waals surface area (Å²) in [5.74, 6) is -0.331. The number of hydrogen-bond acceptors (Lipinski definition) is 7. The van der Waals surface area contributed by atoms with Crippen LogP contribution < -0.4 is 0 Å². The molecule has 7 nitrogen and oxygen atoms in total. The summed E-state index contributed by atoms with van der Waals surface area (Å²) >= 11 is 5.68. The fourth-order valence-electron chi connectivity index (χ4n) is 7.24. The van der Waals surface area contributed by atoms with E-state index >= 15 is 0 Å². The van der Waals surface area contributed by atoms with E-state index in [1.807, 2.05) is 6.92 Å². The first-order valence-corrected chi connectivity index (χ1v) is 12.0. The Balaban J connectivity index is 1.65. The average molecular weight is 467 g/mol. The predicted octanol–water partition coefficient (Wildman–Crippen LogP) is 4.69. The monoisotopic (exact) mass is 466 g/mol. The molecule has 0 aromatic carbocycles. The van der Waals surface area contributed by atoms with Gasteiger partial charge >= 0.3 is 12.1 Å². The van der Waals surface area contributed by atoms with Gasteiger partial charge in [-0.25, -0.2) is 4.79 Å². The highest BCUT2D eigenvalue weighted by molar-refractivity contribution is 6.17. The SMILES string of the molecule is CCOC(=O)OC[C@]12CC[C@H]3[C@@H](CCC4=CC(O)=CC(=O)[C@@]43C)[C@@H]1CCC2C(=O)OCCl. The maximum absolute atomic E-state index is 13.1. The molecule has 8 heteroatoms. The van der Waals surface area contributed by atoms with Crippen LogP contribution in [-0.4, -0.2) is 42.3 Å². The quantitative estimate of drug-likeness (QED) is 0.463. The molecule has 4 aliphatic rings. The molecule has 4 aliphatic carbocycles. The summed E-state index contributed by atoms with van der Waals surface area (Å²) < 4.78 is 15.6. The lowest BCUT2D eigenvalue weighted by molar-refractivity contribution is -0.160. The van der Waals surface area contributed by atoms with E-state index in [1.165, 1.54) is 6.08 Å². The van der Waals surface area contributed by atoms with Crippen molar-refractivity contribution in [2.75, 3.05) is 19.3 Å². The number of halogens is 1. The van der Waals surface area contributed by atoms with Crippen molar-refractivity contribution < 1.29 is 33.7 Å². The van der Waals surface area contributed by atoms with Crippen molar-refractivity contribution in [2.24, 2.45) is 34.5 Å². The predicted molar refractivity (Wildman–Crippen MR) is 116 cm³/mol. The summed E-state index contributed by atoms with van der Waals surface area (Å²) in [5.41, 5.74) is -0.197. The van der Waals surface area contributed by atoms with Crippen LogP contribution in [0.3, 0.4) is 0 Å². The molecule has 4 rings (SSSR count). The summed E-state index contributed by atoms with van der Waals surface area (Å²) in [7, 11) is 0. The van der Waals surface area contributed by atoms with Crippen molar-refractivity contribution >= 4 is 29.5 Å². The Bertz CT molecular complexity index is 864. The van der Waals surface area contributed by atoms with Crippen LogP contribution in [0, 0.1) is 34.5 Å². The van der Waals surface area contributed by atoms with Crippen LogP contribution in [-0.2, 0) is 23.8 Å². The minimum Gasteiger partial charge on any atom is -0.508 e. The number of carbonyl (C=O) groups is 3. The zero-order chi connectivity index (χ0) is 23.1. The largest absolute Gasteiger partial charge is 0.508 e. The first kappa shape index (κ1) is 23.1. The van der Waals surface area contributed by atoms with Crippen molar-refractivity contribution in [1.29, 1.82) is 0 Å². The number of carbonyl (C=O) groups excluding carboxylic acids is 3. The zero-order valence-corrected chi connectivity index (χ0v) is 19.4. The standard InChI is InChI=1S/C24H31ClO7/c1-3-30-22(29)31-12-24-9-8-17-16(18(24)6-7-19(24)21(28)32-13-25)5-4-14-10-15(26)11-20(27)23(14,17)2/h10-11,16-19,26H,3-9,12-13H2,1-2H3/t16-,17+,18+,19?,23+,24-/m1/s1. The van der Waals surface area contributed by atoms with Crippen molar-refractivity contribution in [2.45, 2.75) is 52.4 Å². The highest BCUT2D eigenvalue weighted by Gasteiger charge is 2.64. The Kier molecular flexibility index (Phi) is 6.31. The van der Waals surface area contributed by atoms with Gasteiger partial charge in [-0.1, -0.05) is 17.2 Å². The molecular formula is C24H31ClO7. The van der Waals surface area contributed by atoms with Crippen LogP contribution in [0.25, 0.3) is 0 Å². The van der Waals surface area contributed by atoms with Gasteiger partial charge in [0.2, 0.25) is 0 Å². The van der Waals surface area contributed by atoms with Gasteiger partial charge in [0.15, 0.2) is 11.8 Å². The number of alkyl halides is 1. The number of rotatable bonds is 5. The summed E-state index contributed by atoms with van der Waals surface area (Å²) in [4.78, 5) is 37.9. The van der Waals surface area contributed by atoms with Crippen LogP contribution in [0.5, 0.6) is 0 Å². The maximum Gasteiger partial charge on any atom is 0.508 e. The van der Waals surface area contributed by atoms with Crippen molar-refractivity contribution in [3.63, 3.8) is 0 Å². The Morgan fingerprint density at radius 3 is 2.62 bits per heavy atom. The molecule has 6 atom stereocenters. The average Bonchev–Trinajstić information content (AvgIpc) is 3.14. The topological polar surface area (TPSA) is 99.1 Å². The number of ketones is 1. The molecule has 0 spiro atoms. The lowest BCUT2D eigenvalue weighted by Gasteiger charge is -2.57. The number of esters is 1. The van der Waals surface area contributed by atoms with E-state index in [9.17, 15) is 19.5 Å². The van der Waals surface area contributed by atoms with E-state index in [0.29, 0.717) is 12.8 Å². The molecule has 176 valence electrons. The van der Waals surface area contributed by atoms with Gasteiger partial charge in [0.1, 0.15) is 12.4 Å². The van der Waals surface area contributed by atoms with E-state index < -0.39 is 22.9 Å². The molecule has 0 saturated heterocycles. The Hall–Kier alpha value is -2.02. The lowest BCUT2D eigenvalue weighted by Crippen LogP contribution is -2.55. The van der Waals surface area contributed by atoms with Gasteiger partial charge in [-0.15, -0.1) is 0 Å². The summed E-state index contributed by atoms with van der Waals surface area (Å²) in [6.45, 7) is 4.02. The summed E-state index contributed by atoms with van der Waals surface area (Å²) in [6, 6.07) is -0.211. The summed E-state index contributed by atoms with van der Waals surface area (Å²) in [6.07, 6.45) is 6.77. The molecule has 32 heavy (non-hydrogen) atoms. The van der Waals surface area contributed by atoms with Crippen molar-refractivity contribution in [3.05, 3.63) is 23.5 Å². The first-order valence-electron chi connectivity index (χ1n) is 11.5. The molecule has 0 aliphatic heterocycles. The minimum atomic E-state index is -0.733. The molecule has 0 amide bonds. The van der Waals surface area contributed by atoms with Gasteiger partial charge < -0.3 is 19.3 Å². The van der Waals surface area contributed by atoms with E-state index in [-0.39, 0.29) is 54.5 Å². The number of ether oxygens (including phenoxy) is 3. The fourth-order valence-corrected chi connectivity index (χ4v) is 7.35. The second kappa shape index (κ2) is 8.73. The van der Waals surface area contributed by atoms with Crippen molar-refractivity contribution in [3.8, 4) is 0 Å². The maximum atomic E-state index is 13.1. The lowest BCUT2D eigenvalue weighted by atomic mass is 9.46. The third kappa shape index (κ3) is 3.53. The van der Waals surface area contributed by atoms with Crippen LogP contribution in [0.2, 0.25) is 0 Å². The van der Waals surface area contributed by atoms with Gasteiger partial charge in [-0.05, 0) is 76.2 Å². The molecule has 0 bridgehead atoms. The highest BCUT2D eigenvalue weighted by Crippen LogP contribution is 2.66. The van der Waals surface area contributed by atoms with E-state index in [2.05, 4.69) is 0 Å². The van der Waals surface area contributed by atoms with Crippen LogP contribution in [0.15, 0.2) is 23.5 Å². The molecular weight excluding hydrogens is 436 g/mol. The van der Waals surface area contributed by atoms with Gasteiger partial charge in [0.25, 0.3) is 0 Å². The molecule has 0 radical (unpaired) electrons. The molecule has 0 heterocycles. The molecule has 0 aromatic rings. The molecule has 3 saturated carbocycles. The number of allylic oxidation sites excluding steroid dienone is 3. The zero-order valence-electron chi connectivity index (χ0n) is 18.6. The van der Waals surface area contributed by atoms with Gasteiger partial charge in [-0.2, -0.15) is 0 Å². The minimum absolute atomic E-state index is 0.0265. The number of hydrogen-bond donors (Lipinski definition) is 1. The third-order valence-electron chi connectivity index (χ3n) is 8.62.